The SMILES string of the molecule is Cc1cccc(OCC(=O)Nc2ccc3c(c2)nc(C)n3C)c1. The maximum atomic E-state index is 12.0. The molecule has 0 spiro atoms. The van der Waals surface area contributed by atoms with Gasteiger partial charge in [0, 0.05) is 12.7 Å². The molecule has 0 aliphatic carbocycles. The van der Waals surface area contributed by atoms with Gasteiger partial charge in [-0.1, -0.05) is 12.1 Å². The molecule has 1 aromatic heterocycles. The van der Waals surface area contributed by atoms with E-state index in [9.17, 15) is 4.79 Å². The minimum Gasteiger partial charge on any atom is -0.484 e. The summed E-state index contributed by atoms with van der Waals surface area (Å²) in [6.45, 7) is 3.91. The number of nitrogens with one attached hydrogen (secondary N) is 1. The normalized spacial score (nSPS) is 10.7. The van der Waals surface area contributed by atoms with E-state index in [1.807, 2.05) is 67.9 Å². The second kappa shape index (κ2) is 6.12. The fourth-order valence-electron chi connectivity index (χ4n) is 2.45. The maximum Gasteiger partial charge on any atom is 0.262 e. The molecule has 0 bridgehead atoms. The van der Waals surface area contributed by atoms with Crippen molar-refractivity contribution in [2.75, 3.05) is 11.9 Å². The van der Waals surface area contributed by atoms with E-state index in [0.717, 1.165) is 22.4 Å². The molecule has 1 amide bonds. The molecule has 0 aliphatic rings. The highest BCUT2D eigenvalue weighted by Crippen LogP contribution is 2.19. The van der Waals surface area contributed by atoms with Gasteiger partial charge in [-0.05, 0) is 49.7 Å². The van der Waals surface area contributed by atoms with Crippen molar-refractivity contribution in [1.82, 2.24) is 9.55 Å². The number of aryl methyl sites for hydroxylation is 3. The van der Waals surface area contributed by atoms with Gasteiger partial charge < -0.3 is 14.6 Å². The minimum atomic E-state index is -0.196. The molecule has 23 heavy (non-hydrogen) atoms. The molecular formula is C18H19N3O2. The molecule has 0 unspecified atom stereocenters. The predicted octanol–water partition coefficient (Wildman–Crippen LogP) is 3.21. The van der Waals surface area contributed by atoms with Crippen LogP contribution < -0.4 is 10.1 Å². The van der Waals surface area contributed by atoms with E-state index < -0.39 is 0 Å². The molecule has 0 saturated heterocycles. The van der Waals surface area contributed by atoms with Crippen molar-refractivity contribution < 1.29 is 9.53 Å². The molecule has 118 valence electrons. The van der Waals surface area contributed by atoms with Gasteiger partial charge in [-0.25, -0.2) is 4.98 Å². The van der Waals surface area contributed by atoms with Crippen LogP contribution in [-0.2, 0) is 11.8 Å². The Morgan fingerprint density at radius 2 is 2.04 bits per heavy atom. The van der Waals surface area contributed by atoms with Crippen molar-refractivity contribution in [2.45, 2.75) is 13.8 Å². The number of carbonyl (C=O) groups excluding carboxylic acids is 1. The number of carbonyl (C=O) groups is 1. The molecule has 0 saturated carbocycles. The van der Waals surface area contributed by atoms with E-state index >= 15 is 0 Å². The quantitative estimate of drug-likeness (QED) is 0.805. The minimum absolute atomic E-state index is 0.0251. The second-order valence-electron chi connectivity index (χ2n) is 5.57. The monoisotopic (exact) mass is 309 g/mol. The highest BCUT2D eigenvalue weighted by molar-refractivity contribution is 5.94. The van der Waals surface area contributed by atoms with Crippen LogP contribution in [0, 0.1) is 13.8 Å². The number of anilines is 1. The van der Waals surface area contributed by atoms with Crippen LogP contribution in [0.4, 0.5) is 5.69 Å². The lowest BCUT2D eigenvalue weighted by Crippen LogP contribution is -2.20. The highest BCUT2D eigenvalue weighted by atomic mass is 16.5. The average Bonchev–Trinajstić information content (AvgIpc) is 2.80. The summed E-state index contributed by atoms with van der Waals surface area (Å²) in [7, 11) is 1.97. The second-order valence-corrected chi connectivity index (χ2v) is 5.57. The zero-order valence-electron chi connectivity index (χ0n) is 13.5. The molecule has 3 aromatic rings. The van der Waals surface area contributed by atoms with Crippen molar-refractivity contribution in [3.8, 4) is 5.75 Å². The Labute approximate surface area is 134 Å². The van der Waals surface area contributed by atoms with Gasteiger partial charge in [-0.2, -0.15) is 0 Å². The van der Waals surface area contributed by atoms with Crippen LogP contribution in [0.2, 0.25) is 0 Å². The summed E-state index contributed by atoms with van der Waals surface area (Å²) in [6.07, 6.45) is 0. The van der Waals surface area contributed by atoms with Gasteiger partial charge in [0.15, 0.2) is 6.61 Å². The number of ether oxygens (including phenoxy) is 1. The zero-order chi connectivity index (χ0) is 16.4. The molecular weight excluding hydrogens is 290 g/mol. The van der Waals surface area contributed by atoms with E-state index in [1.165, 1.54) is 0 Å². The van der Waals surface area contributed by atoms with Crippen LogP contribution in [0.1, 0.15) is 11.4 Å². The zero-order valence-corrected chi connectivity index (χ0v) is 13.5. The fourth-order valence-corrected chi connectivity index (χ4v) is 2.45. The molecule has 1 N–H and O–H groups in total. The first-order chi connectivity index (χ1) is 11.0. The first-order valence-electron chi connectivity index (χ1n) is 7.45. The van der Waals surface area contributed by atoms with Gasteiger partial charge in [0.2, 0.25) is 0 Å². The van der Waals surface area contributed by atoms with Crippen LogP contribution >= 0.6 is 0 Å². The van der Waals surface area contributed by atoms with Crippen molar-refractivity contribution in [2.24, 2.45) is 7.05 Å². The van der Waals surface area contributed by atoms with Crippen molar-refractivity contribution in [3.05, 3.63) is 53.9 Å². The number of imidazole rings is 1. The standard InChI is InChI=1S/C18H19N3O2/c1-12-5-4-6-15(9-12)23-11-18(22)20-14-7-8-17-16(10-14)19-13(2)21(17)3/h4-10H,11H2,1-3H3,(H,20,22). The Bertz CT molecular complexity index is 868. The van der Waals surface area contributed by atoms with E-state index in [1.54, 1.807) is 0 Å². The van der Waals surface area contributed by atoms with E-state index in [-0.39, 0.29) is 12.5 Å². The van der Waals surface area contributed by atoms with E-state index in [0.29, 0.717) is 11.4 Å². The van der Waals surface area contributed by atoms with Gasteiger partial charge in [-0.3, -0.25) is 4.79 Å². The van der Waals surface area contributed by atoms with Gasteiger partial charge in [0.05, 0.1) is 11.0 Å². The Balaban J connectivity index is 1.65. The van der Waals surface area contributed by atoms with Crippen LogP contribution in [-0.4, -0.2) is 22.1 Å². The summed E-state index contributed by atoms with van der Waals surface area (Å²) in [5.74, 6) is 1.43. The Kier molecular flexibility index (Phi) is 4.02. The number of fused-ring (bicyclic) bond motifs is 1. The summed E-state index contributed by atoms with van der Waals surface area (Å²) >= 11 is 0. The third-order valence-corrected chi connectivity index (χ3v) is 3.75. The third kappa shape index (κ3) is 3.34. The van der Waals surface area contributed by atoms with E-state index in [4.69, 9.17) is 4.74 Å². The number of hydrogen-bond acceptors (Lipinski definition) is 3. The topological polar surface area (TPSA) is 56.1 Å². The van der Waals surface area contributed by atoms with Crippen LogP contribution in [0.15, 0.2) is 42.5 Å². The van der Waals surface area contributed by atoms with Crippen LogP contribution in [0.5, 0.6) is 5.75 Å². The molecule has 0 radical (unpaired) electrons. The summed E-state index contributed by atoms with van der Waals surface area (Å²) in [5, 5.41) is 2.83. The Morgan fingerprint density at radius 3 is 2.83 bits per heavy atom. The van der Waals surface area contributed by atoms with Crippen molar-refractivity contribution >= 4 is 22.6 Å². The van der Waals surface area contributed by atoms with E-state index in [2.05, 4.69) is 10.3 Å². The number of benzene rings is 2. The van der Waals surface area contributed by atoms with Crippen molar-refractivity contribution in [3.63, 3.8) is 0 Å². The Morgan fingerprint density at radius 1 is 1.22 bits per heavy atom. The van der Waals surface area contributed by atoms with Gasteiger partial charge >= 0.3 is 0 Å². The lowest BCUT2D eigenvalue weighted by molar-refractivity contribution is -0.118. The van der Waals surface area contributed by atoms with Crippen LogP contribution in [0.3, 0.4) is 0 Å². The average molecular weight is 309 g/mol. The number of hydrogen-bond donors (Lipinski definition) is 1. The number of nitrogens with zero attached hydrogens (tertiary/aromatic N) is 2. The first kappa shape index (κ1) is 15.1. The molecule has 1 heterocycles. The molecule has 0 atom stereocenters. The largest absolute Gasteiger partial charge is 0.484 e. The summed E-state index contributed by atoms with van der Waals surface area (Å²) in [5.41, 5.74) is 3.71. The Hall–Kier alpha value is -2.82. The number of rotatable bonds is 4. The van der Waals surface area contributed by atoms with Gasteiger partial charge in [0.25, 0.3) is 5.91 Å². The smallest absolute Gasteiger partial charge is 0.262 e. The summed E-state index contributed by atoms with van der Waals surface area (Å²) in [4.78, 5) is 16.5. The molecule has 0 aliphatic heterocycles. The first-order valence-corrected chi connectivity index (χ1v) is 7.45. The third-order valence-electron chi connectivity index (χ3n) is 3.75. The summed E-state index contributed by atoms with van der Waals surface area (Å²) < 4.78 is 7.52. The van der Waals surface area contributed by atoms with Crippen molar-refractivity contribution in [1.29, 1.82) is 0 Å². The number of amides is 1. The molecule has 5 heteroatoms. The maximum absolute atomic E-state index is 12.0. The van der Waals surface area contributed by atoms with Gasteiger partial charge in [0.1, 0.15) is 11.6 Å². The molecule has 2 aromatic carbocycles. The lowest BCUT2D eigenvalue weighted by Gasteiger charge is -2.08. The lowest BCUT2D eigenvalue weighted by atomic mass is 10.2. The molecule has 5 nitrogen and oxygen atoms in total. The summed E-state index contributed by atoms with van der Waals surface area (Å²) in [6, 6.07) is 13.3. The molecule has 3 rings (SSSR count). The predicted molar refractivity (Wildman–Crippen MR) is 90.8 cm³/mol. The fraction of sp³-hybridized carbons (Fsp3) is 0.222. The van der Waals surface area contributed by atoms with Gasteiger partial charge in [-0.15, -0.1) is 0 Å². The molecule has 0 fully saturated rings. The number of aromatic nitrogens is 2. The highest BCUT2D eigenvalue weighted by Gasteiger charge is 2.08. The van der Waals surface area contributed by atoms with Crippen LogP contribution in [0.25, 0.3) is 11.0 Å².